The fraction of sp³-hybridized carbons (Fsp3) is 0.750. The number of nitrogens with two attached hydrogens (primary N) is 1. The summed E-state index contributed by atoms with van der Waals surface area (Å²) in [4.78, 5) is 0. The van der Waals surface area contributed by atoms with Crippen LogP contribution < -0.4 is 5.73 Å². The van der Waals surface area contributed by atoms with Crippen LogP contribution in [-0.2, 0) is 6.42 Å². The monoisotopic (exact) mass is 361 g/mol. The Labute approximate surface area is 162 Å². The lowest BCUT2D eigenvalue weighted by Gasteiger charge is -2.06. The minimum Gasteiger partial charge on any atom is -0.508 e. The van der Waals surface area contributed by atoms with Crippen molar-refractivity contribution in [2.75, 3.05) is 5.73 Å². The minimum absolute atomic E-state index is 0.262. The number of phenolic OH excluding ortho intramolecular Hbond substituents is 1. The molecule has 0 aliphatic carbocycles. The molecule has 1 rings (SSSR count). The van der Waals surface area contributed by atoms with Gasteiger partial charge in [0.25, 0.3) is 0 Å². The second kappa shape index (κ2) is 16.0. The number of nitrogen functional groups attached to an aromatic ring is 1. The highest BCUT2D eigenvalue weighted by Gasteiger charge is 2.00. The molecule has 0 aliphatic heterocycles. The van der Waals surface area contributed by atoms with Crippen molar-refractivity contribution >= 4 is 5.69 Å². The molecule has 26 heavy (non-hydrogen) atoms. The molecule has 0 fully saturated rings. The summed E-state index contributed by atoms with van der Waals surface area (Å²) in [5, 5.41) is 9.37. The van der Waals surface area contributed by atoms with E-state index in [1.54, 1.807) is 12.1 Å². The summed E-state index contributed by atoms with van der Waals surface area (Å²) in [6.45, 7) is 2.29. The molecule has 0 saturated heterocycles. The zero-order valence-electron chi connectivity index (χ0n) is 17.3. The number of benzene rings is 1. The SMILES string of the molecule is CCCCCCCCCCCCCCCCCCc1ccc(O)cc1N. The summed E-state index contributed by atoms with van der Waals surface area (Å²) < 4.78 is 0. The van der Waals surface area contributed by atoms with Crippen LogP contribution in [0.3, 0.4) is 0 Å². The van der Waals surface area contributed by atoms with Gasteiger partial charge in [0.2, 0.25) is 0 Å². The van der Waals surface area contributed by atoms with Gasteiger partial charge in [0.1, 0.15) is 5.75 Å². The number of unbranched alkanes of at least 4 members (excludes halogenated alkanes) is 15. The van der Waals surface area contributed by atoms with E-state index in [9.17, 15) is 5.11 Å². The molecule has 2 heteroatoms. The van der Waals surface area contributed by atoms with Gasteiger partial charge < -0.3 is 10.8 Å². The van der Waals surface area contributed by atoms with Crippen molar-refractivity contribution < 1.29 is 5.11 Å². The lowest BCUT2D eigenvalue weighted by Crippen LogP contribution is -1.94. The summed E-state index contributed by atoms with van der Waals surface area (Å²) >= 11 is 0. The van der Waals surface area contributed by atoms with Crippen molar-refractivity contribution in [1.29, 1.82) is 0 Å². The molecular formula is C24H43NO. The first kappa shape index (κ1) is 22.9. The van der Waals surface area contributed by atoms with Crippen LogP contribution in [0.15, 0.2) is 18.2 Å². The number of aryl methyl sites for hydroxylation is 1. The molecule has 0 atom stereocenters. The van der Waals surface area contributed by atoms with E-state index in [4.69, 9.17) is 5.73 Å². The predicted octanol–water partition coefficient (Wildman–Crippen LogP) is 7.78. The maximum Gasteiger partial charge on any atom is 0.117 e. The van der Waals surface area contributed by atoms with Crippen molar-refractivity contribution in [2.24, 2.45) is 0 Å². The third-order valence-electron chi connectivity index (χ3n) is 5.43. The molecule has 0 spiro atoms. The summed E-state index contributed by atoms with van der Waals surface area (Å²) in [5.41, 5.74) is 7.83. The van der Waals surface area contributed by atoms with E-state index in [1.165, 1.54) is 108 Å². The van der Waals surface area contributed by atoms with Gasteiger partial charge in [0.05, 0.1) is 0 Å². The molecule has 0 amide bonds. The van der Waals surface area contributed by atoms with Crippen molar-refractivity contribution in [2.45, 2.75) is 116 Å². The van der Waals surface area contributed by atoms with Crippen molar-refractivity contribution in [3.8, 4) is 5.75 Å². The largest absolute Gasteiger partial charge is 0.508 e. The van der Waals surface area contributed by atoms with Crippen LogP contribution in [0.5, 0.6) is 5.75 Å². The zero-order valence-corrected chi connectivity index (χ0v) is 17.3. The minimum atomic E-state index is 0.262. The molecular weight excluding hydrogens is 318 g/mol. The van der Waals surface area contributed by atoms with E-state index >= 15 is 0 Å². The lowest BCUT2D eigenvalue weighted by molar-refractivity contribution is 0.475. The number of phenols is 1. The van der Waals surface area contributed by atoms with Gasteiger partial charge in [-0.2, -0.15) is 0 Å². The van der Waals surface area contributed by atoms with E-state index in [1.807, 2.05) is 6.07 Å². The molecule has 1 aromatic rings. The molecule has 3 N–H and O–H groups in total. The highest BCUT2D eigenvalue weighted by molar-refractivity contribution is 5.50. The first-order chi connectivity index (χ1) is 12.7. The maximum atomic E-state index is 9.37. The maximum absolute atomic E-state index is 9.37. The van der Waals surface area contributed by atoms with Gasteiger partial charge in [-0.05, 0) is 24.5 Å². The van der Waals surface area contributed by atoms with Crippen molar-refractivity contribution in [3.63, 3.8) is 0 Å². The second-order valence-electron chi connectivity index (χ2n) is 7.94. The van der Waals surface area contributed by atoms with Gasteiger partial charge in [0.15, 0.2) is 0 Å². The Morgan fingerprint density at radius 2 is 1.08 bits per heavy atom. The van der Waals surface area contributed by atoms with E-state index in [2.05, 4.69) is 6.92 Å². The summed E-state index contributed by atoms with van der Waals surface area (Å²) in [7, 11) is 0. The number of rotatable bonds is 17. The Bertz CT molecular complexity index is 444. The molecule has 0 bridgehead atoms. The van der Waals surface area contributed by atoms with Crippen molar-refractivity contribution in [3.05, 3.63) is 23.8 Å². The smallest absolute Gasteiger partial charge is 0.117 e. The first-order valence-electron chi connectivity index (χ1n) is 11.3. The normalized spacial score (nSPS) is 11.1. The summed E-state index contributed by atoms with van der Waals surface area (Å²) in [6, 6.07) is 5.34. The number of hydrogen-bond acceptors (Lipinski definition) is 2. The molecule has 0 aliphatic rings. The standard InChI is InChI=1S/C24H43NO/c1-2-3-4-5-6-7-8-9-10-11-12-13-14-15-16-17-18-22-19-20-23(26)21-24(22)25/h19-21,26H,2-18,25H2,1H3. The Morgan fingerprint density at radius 1 is 0.654 bits per heavy atom. The number of anilines is 1. The average Bonchev–Trinajstić information content (AvgIpc) is 2.63. The van der Waals surface area contributed by atoms with Gasteiger partial charge in [-0.3, -0.25) is 0 Å². The second-order valence-corrected chi connectivity index (χ2v) is 7.94. The first-order valence-corrected chi connectivity index (χ1v) is 11.3. The fourth-order valence-electron chi connectivity index (χ4n) is 3.67. The molecule has 1 aromatic carbocycles. The van der Waals surface area contributed by atoms with Gasteiger partial charge >= 0.3 is 0 Å². The van der Waals surface area contributed by atoms with E-state index in [0.29, 0.717) is 0 Å². The zero-order chi connectivity index (χ0) is 18.9. The quantitative estimate of drug-likeness (QED) is 0.220. The Morgan fingerprint density at radius 3 is 1.50 bits per heavy atom. The van der Waals surface area contributed by atoms with E-state index < -0.39 is 0 Å². The molecule has 150 valence electrons. The third kappa shape index (κ3) is 12.2. The molecule has 0 saturated carbocycles. The van der Waals surface area contributed by atoms with E-state index in [-0.39, 0.29) is 5.75 Å². The molecule has 0 radical (unpaired) electrons. The van der Waals surface area contributed by atoms with Crippen molar-refractivity contribution in [1.82, 2.24) is 0 Å². The predicted molar refractivity (Wildman–Crippen MR) is 116 cm³/mol. The Balaban J connectivity index is 1.79. The van der Waals surface area contributed by atoms with Gasteiger partial charge in [0, 0.05) is 11.8 Å². The topological polar surface area (TPSA) is 46.2 Å². The van der Waals surface area contributed by atoms with Crippen LogP contribution in [0, 0.1) is 0 Å². The molecule has 2 nitrogen and oxygen atoms in total. The Kier molecular flexibility index (Phi) is 14.1. The third-order valence-corrected chi connectivity index (χ3v) is 5.43. The lowest BCUT2D eigenvalue weighted by atomic mass is 10.0. The van der Waals surface area contributed by atoms with Gasteiger partial charge in [-0.1, -0.05) is 109 Å². The summed E-state index contributed by atoms with van der Waals surface area (Å²) in [6.07, 6.45) is 23.4. The van der Waals surface area contributed by atoms with Crippen LogP contribution in [0.25, 0.3) is 0 Å². The van der Waals surface area contributed by atoms with Crippen LogP contribution in [-0.4, -0.2) is 5.11 Å². The molecule has 0 aromatic heterocycles. The Hall–Kier alpha value is -1.18. The number of aromatic hydroxyl groups is 1. The van der Waals surface area contributed by atoms with Crippen LogP contribution in [0.1, 0.15) is 115 Å². The van der Waals surface area contributed by atoms with Crippen LogP contribution in [0.4, 0.5) is 5.69 Å². The van der Waals surface area contributed by atoms with E-state index in [0.717, 1.165) is 12.1 Å². The number of hydrogen-bond donors (Lipinski definition) is 2. The van der Waals surface area contributed by atoms with Gasteiger partial charge in [-0.15, -0.1) is 0 Å². The van der Waals surface area contributed by atoms with Gasteiger partial charge in [-0.25, -0.2) is 0 Å². The van der Waals surface area contributed by atoms with Crippen LogP contribution >= 0.6 is 0 Å². The van der Waals surface area contributed by atoms with Crippen LogP contribution in [0.2, 0.25) is 0 Å². The highest BCUT2D eigenvalue weighted by atomic mass is 16.3. The molecule has 0 heterocycles. The average molecular weight is 362 g/mol. The summed E-state index contributed by atoms with van der Waals surface area (Å²) in [5.74, 6) is 0.262. The molecule has 0 unspecified atom stereocenters. The highest BCUT2D eigenvalue weighted by Crippen LogP contribution is 2.21. The fourth-order valence-corrected chi connectivity index (χ4v) is 3.67.